The van der Waals surface area contributed by atoms with Crippen LogP contribution in [-0.2, 0) is 9.59 Å². The Hall–Kier alpha value is -2.03. The van der Waals surface area contributed by atoms with E-state index in [9.17, 15) is 14.4 Å². The fourth-order valence-corrected chi connectivity index (χ4v) is 2.01. The van der Waals surface area contributed by atoms with Gasteiger partial charge in [0, 0.05) is 12.0 Å². The van der Waals surface area contributed by atoms with Gasteiger partial charge in [0.05, 0.1) is 12.0 Å². The summed E-state index contributed by atoms with van der Waals surface area (Å²) in [6.07, 6.45) is 0.0604. The summed E-state index contributed by atoms with van der Waals surface area (Å²) in [5, 5.41) is 0. The van der Waals surface area contributed by atoms with E-state index in [-0.39, 0.29) is 35.8 Å². The van der Waals surface area contributed by atoms with E-state index in [1.54, 1.807) is 31.2 Å². The van der Waals surface area contributed by atoms with Crippen LogP contribution in [0.2, 0.25) is 0 Å². The van der Waals surface area contributed by atoms with Crippen molar-refractivity contribution in [2.45, 2.75) is 19.8 Å². The minimum Gasteiger partial charge on any atom is -0.299 e. The minimum atomic E-state index is -0.354. The zero-order valence-electron chi connectivity index (χ0n) is 9.53. The largest absolute Gasteiger partial charge is 0.299 e. The lowest BCUT2D eigenvalue weighted by molar-refractivity contribution is -0.125. The molecule has 0 aliphatic heterocycles. The standard InChI is InChI=1S/C14H12O3/c1-9-7-11(15)8-12(16)13(9)14(17)10-5-3-2-4-6-10/h2-6H,7-8H2,1H3. The van der Waals surface area contributed by atoms with Crippen LogP contribution in [0.5, 0.6) is 0 Å². The van der Waals surface area contributed by atoms with Gasteiger partial charge >= 0.3 is 0 Å². The molecule has 1 aromatic carbocycles. The Labute approximate surface area is 99.1 Å². The van der Waals surface area contributed by atoms with Gasteiger partial charge in [-0.25, -0.2) is 0 Å². The van der Waals surface area contributed by atoms with Crippen LogP contribution in [0, 0.1) is 0 Å². The highest BCUT2D eigenvalue weighted by Crippen LogP contribution is 2.22. The second-order valence-electron chi connectivity index (χ2n) is 4.17. The van der Waals surface area contributed by atoms with Crippen LogP contribution >= 0.6 is 0 Å². The molecule has 0 amide bonds. The van der Waals surface area contributed by atoms with Crippen LogP contribution in [0.3, 0.4) is 0 Å². The van der Waals surface area contributed by atoms with E-state index in [2.05, 4.69) is 0 Å². The number of hydrogen-bond donors (Lipinski definition) is 0. The molecule has 0 radical (unpaired) electrons. The molecule has 0 aromatic heterocycles. The zero-order chi connectivity index (χ0) is 12.4. The number of rotatable bonds is 2. The first-order valence-corrected chi connectivity index (χ1v) is 5.44. The molecule has 3 heteroatoms. The van der Waals surface area contributed by atoms with Crippen LogP contribution in [0.25, 0.3) is 0 Å². The Morgan fingerprint density at radius 2 is 1.71 bits per heavy atom. The Bertz CT molecular complexity index is 524. The second kappa shape index (κ2) is 4.45. The molecular formula is C14H12O3. The zero-order valence-corrected chi connectivity index (χ0v) is 9.53. The van der Waals surface area contributed by atoms with Crippen molar-refractivity contribution in [1.29, 1.82) is 0 Å². The monoisotopic (exact) mass is 228 g/mol. The third kappa shape index (κ3) is 2.23. The van der Waals surface area contributed by atoms with Crippen LogP contribution in [0.4, 0.5) is 0 Å². The highest BCUT2D eigenvalue weighted by molar-refractivity contribution is 6.31. The average molecular weight is 228 g/mol. The summed E-state index contributed by atoms with van der Waals surface area (Å²) < 4.78 is 0. The molecule has 0 spiro atoms. The van der Waals surface area contributed by atoms with Gasteiger partial charge < -0.3 is 0 Å². The summed E-state index contributed by atoms with van der Waals surface area (Å²) in [4.78, 5) is 35.1. The first kappa shape index (κ1) is 11.5. The number of benzene rings is 1. The van der Waals surface area contributed by atoms with Crippen molar-refractivity contribution < 1.29 is 14.4 Å². The van der Waals surface area contributed by atoms with Crippen molar-refractivity contribution >= 4 is 17.3 Å². The molecule has 0 N–H and O–H groups in total. The normalized spacial score (nSPS) is 16.3. The summed E-state index contributed by atoms with van der Waals surface area (Å²) in [5.41, 5.74) is 1.26. The highest BCUT2D eigenvalue weighted by Gasteiger charge is 2.28. The third-order valence-electron chi connectivity index (χ3n) is 2.79. The maximum atomic E-state index is 12.1. The summed E-state index contributed by atoms with van der Waals surface area (Å²) in [5.74, 6) is -0.745. The van der Waals surface area contributed by atoms with Crippen molar-refractivity contribution in [2.75, 3.05) is 0 Å². The first-order valence-electron chi connectivity index (χ1n) is 5.44. The summed E-state index contributed by atoms with van der Waals surface area (Å²) in [7, 11) is 0. The molecule has 2 rings (SSSR count). The Kier molecular flexibility index (Phi) is 3.00. The number of ketones is 3. The van der Waals surface area contributed by atoms with E-state index in [4.69, 9.17) is 0 Å². The van der Waals surface area contributed by atoms with Crippen LogP contribution in [-0.4, -0.2) is 17.3 Å². The smallest absolute Gasteiger partial charge is 0.196 e. The number of carbonyl (C=O) groups is 3. The number of allylic oxidation sites excluding steroid dienone is 2. The number of hydrogen-bond acceptors (Lipinski definition) is 3. The lowest BCUT2D eigenvalue weighted by atomic mass is 9.86. The number of Topliss-reactive ketones (excluding diaryl/α,β-unsaturated/α-hetero) is 3. The quantitative estimate of drug-likeness (QED) is 0.442. The molecule has 0 atom stereocenters. The molecule has 0 saturated carbocycles. The Morgan fingerprint density at radius 3 is 2.29 bits per heavy atom. The van der Waals surface area contributed by atoms with Gasteiger partial charge in [0.15, 0.2) is 11.6 Å². The fraction of sp³-hybridized carbons (Fsp3) is 0.214. The van der Waals surface area contributed by atoms with Gasteiger partial charge in [0.1, 0.15) is 5.78 Å². The maximum Gasteiger partial charge on any atom is 0.196 e. The van der Waals surface area contributed by atoms with Gasteiger partial charge in [0.25, 0.3) is 0 Å². The van der Waals surface area contributed by atoms with Crippen molar-refractivity contribution in [3.8, 4) is 0 Å². The number of carbonyl (C=O) groups excluding carboxylic acids is 3. The second-order valence-corrected chi connectivity index (χ2v) is 4.17. The topological polar surface area (TPSA) is 51.2 Å². The van der Waals surface area contributed by atoms with Gasteiger partial charge in [-0.1, -0.05) is 35.9 Å². The van der Waals surface area contributed by atoms with E-state index >= 15 is 0 Å². The maximum absolute atomic E-state index is 12.1. The van der Waals surface area contributed by atoms with Crippen molar-refractivity contribution in [2.24, 2.45) is 0 Å². The fourth-order valence-electron chi connectivity index (χ4n) is 2.01. The van der Waals surface area contributed by atoms with E-state index < -0.39 is 0 Å². The van der Waals surface area contributed by atoms with Gasteiger partial charge in [0.2, 0.25) is 0 Å². The molecule has 1 aliphatic carbocycles. The van der Waals surface area contributed by atoms with Gasteiger partial charge in [-0.15, -0.1) is 0 Å². The average Bonchev–Trinajstić information content (AvgIpc) is 2.28. The van der Waals surface area contributed by atoms with Gasteiger partial charge in [-0.3, -0.25) is 14.4 Å². The van der Waals surface area contributed by atoms with Crippen LogP contribution in [0.15, 0.2) is 41.5 Å². The lowest BCUT2D eigenvalue weighted by Crippen LogP contribution is -2.23. The van der Waals surface area contributed by atoms with Gasteiger partial charge in [-0.05, 0) is 6.92 Å². The third-order valence-corrected chi connectivity index (χ3v) is 2.79. The molecule has 1 aliphatic rings. The Morgan fingerprint density at radius 1 is 1.06 bits per heavy atom. The Balaban J connectivity index is 2.41. The highest BCUT2D eigenvalue weighted by atomic mass is 16.2. The van der Waals surface area contributed by atoms with E-state index in [0.29, 0.717) is 11.1 Å². The summed E-state index contributed by atoms with van der Waals surface area (Å²) >= 11 is 0. The van der Waals surface area contributed by atoms with E-state index in [0.717, 1.165) is 0 Å². The van der Waals surface area contributed by atoms with E-state index in [1.165, 1.54) is 0 Å². The summed E-state index contributed by atoms with van der Waals surface area (Å²) in [6, 6.07) is 8.66. The molecule has 0 heterocycles. The molecule has 1 aromatic rings. The predicted octanol–water partition coefficient (Wildman–Crippen LogP) is 2.12. The summed E-state index contributed by atoms with van der Waals surface area (Å²) in [6.45, 7) is 1.67. The lowest BCUT2D eigenvalue weighted by Gasteiger charge is -2.14. The molecule has 0 saturated heterocycles. The van der Waals surface area contributed by atoms with Crippen LogP contribution < -0.4 is 0 Å². The first-order chi connectivity index (χ1) is 8.09. The molecule has 0 bridgehead atoms. The van der Waals surface area contributed by atoms with Crippen molar-refractivity contribution in [3.63, 3.8) is 0 Å². The van der Waals surface area contributed by atoms with Crippen molar-refractivity contribution in [1.82, 2.24) is 0 Å². The predicted molar refractivity (Wildman–Crippen MR) is 62.7 cm³/mol. The molecule has 17 heavy (non-hydrogen) atoms. The van der Waals surface area contributed by atoms with Crippen molar-refractivity contribution in [3.05, 3.63) is 47.0 Å². The molecular weight excluding hydrogens is 216 g/mol. The molecule has 3 nitrogen and oxygen atoms in total. The van der Waals surface area contributed by atoms with E-state index in [1.807, 2.05) is 6.07 Å². The molecule has 86 valence electrons. The molecule has 0 fully saturated rings. The molecule has 0 unspecified atom stereocenters. The SMILES string of the molecule is CC1=C(C(=O)c2ccccc2)C(=O)CC(=O)C1. The van der Waals surface area contributed by atoms with Gasteiger partial charge in [-0.2, -0.15) is 0 Å². The minimum absolute atomic E-state index is 0.114. The van der Waals surface area contributed by atoms with Crippen LogP contribution in [0.1, 0.15) is 30.1 Å².